The highest BCUT2D eigenvalue weighted by Crippen LogP contribution is 2.31. The Labute approximate surface area is 99.7 Å². The Morgan fingerprint density at radius 2 is 2.00 bits per heavy atom. The van der Waals surface area contributed by atoms with Gasteiger partial charge in [0.15, 0.2) is 0 Å². The van der Waals surface area contributed by atoms with E-state index < -0.39 is 0 Å². The minimum atomic E-state index is 0.401. The third-order valence-corrected chi connectivity index (χ3v) is 4.24. The lowest BCUT2D eigenvalue weighted by Gasteiger charge is -2.32. The van der Waals surface area contributed by atoms with Gasteiger partial charge in [0, 0.05) is 34.9 Å². The van der Waals surface area contributed by atoms with Gasteiger partial charge in [0.2, 0.25) is 0 Å². The van der Waals surface area contributed by atoms with Crippen LogP contribution in [-0.4, -0.2) is 19.1 Å². The molecule has 0 aliphatic carbocycles. The van der Waals surface area contributed by atoms with Crippen molar-refractivity contribution in [3.05, 3.63) is 29.6 Å². The van der Waals surface area contributed by atoms with E-state index in [0.717, 1.165) is 25.9 Å². The predicted molar refractivity (Wildman–Crippen MR) is 71.2 cm³/mol. The van der Waals surface area contributed by atoms with Gasteiger partial charge in [-0.25, -0.2) is 0 Å². The van der Waals surface area contributed by atoms with Crippen LogP contribution in [0.5, 0.6) is 0 Å². The molecule has 2 heterocycles. The summed E-state index contributed by atoms with van der Waals surface area (Å²) in [5, 5.41) is 3.56. The van der Waals surface area contributed by atoms with Crippen molar-refractivity contribution in [3.63, 3.8) is 0 Å². The summed E-state index contributed by atoms with van der Waals surface area (Å²) in [5.74, 6) is 0. The topological polar surface area (TPSA) is 29.3 Å². The highest BCUT2D eigenvalue weighted by molar-refractivity contribution is 7.17. The van der Waals surface area contributed by atoms with Crippen LogP contribution in [0.15, 0.2) is 29.6 Å². The average Bonchev–Trinajstić information content (AvgIpc) is 2.78. The smallest absolute Gasteiger partial charge is 0.0454 e. The molecule has 2 N–H and O–H groups in total. The second kappa shape index (κ2) is 4.07. The van der Waals surface area contributed by atoms with Crippen LogP contribution in [0.4, 0.5) is 5.69 Å². The van der Waals surface area contributed by atoms with E-state index in [-0.39, 0.29) is 0 Å². The Morgan fingerprint density at radius 3 is 2.81 bits per heavy atom. The maximum absolute atomic E-state index is 5.94. The van der Waals surface area contributed by atoms with E-state index in [4.69, 9.17) is 5.73 Å². The Kier molecular flexibility index (Phi) is 2.58. The summed E-state index contributed by atoms with van der Waals surface area (Å²) in [7, 11) is 0. The summed E-state index contributed by atoms with van der Waals surface area (Å²) in [6, 6.07) is 9.20. The van der Waals surface area contributed by atoms with Crippen molar-refractivity contribution in [3.8, 4) is 0 Å². The summed E-state index contributed by atoms with van der Waals surface area (Å²) in [6.45, 7) is 2.19. The molecule has 3 rings (SSSR count). The molecule has 1 aliphatic heterocycles. The van der Waals surface area contributed by atoms with E-state index in [1.165, 1.54) is 15.8 Å². The normalized spacial score (nSPS) is 18.2. The van der Waals surface area contributed by atoms with E-state index in [0.29, 0.717) is 6.04 Å². The highest BCUT2D eigenvalue weighted by atomic mass is 32.1. The first-order valence-electron chi connectivity index (χ1n) is 5.81. The fourth-order valence-corrected chi connectivity index (χ4v) is 3.20. The van der Waals surface area contributed by atoms with Crippen LogP contribution < -0.4 is 10.6 Å². The molecule has 0 spiro atoms. The number of nitrogens with zero attached hydrogens (tertiary/aromatic N) is 1. The molecule has 0 unspecified atom stereocenters. The molecular weight excluding hydrogens is 216 g/mol. The Morgan fingerprint density at radius 1 is 1.19 bits per heavy atom. The summed E-state index contributed by atoms with van der Waals surface area (Å²) < 4.78 is 1.38. The van der Waals surface area contributed by atoms with Crippen molar-refractivity contribution in [2.24, 2.45) is 5.73 Å². The number of hydrogen-bond donors (Lipinski definition) is 1. The van der Waals surface area contributed by atoms with Crippen molar-refractivity contribution < 1.29 is 0 Å². The third-order valence-electron chi connectivity index (χ3n) is 3.35. The predicted octanol–water partition coefficient (Wildman–Crippen LogP) is 2.83. The van der Waals surface area contributed by atoms with E-state index in [1.807, 2.05) is 11.3 Å². The molecule has 1 fully saturated rings. The lowest BCUT2D eigenvalue weighted by molar-refractivity contribution is 0.502. The van der Waals surface area contributed by atoms with Crippen molar-refractivity contribution in [1.82, 2.24) is 0 Å². The van der Waals surface area contributed by atoms with Gasteiger partial charge in [-0.3, -0.25) is 0 Å². The van der Waals surface area contributed by atoms with E-state index in [9.17, 15) is 0 Å². The molecule has 2 aromatic rings. The first-order valence-corrected chi connectivity index (χ1v) is 6.69. The number of nitrogens with two attached hydrogens (primary N) is 1. The Bertz CT molecular complexity index is 483. The fraction of sp³-hybridized carbons (Fsp3) is 0.385. The maximum atomic E-state index is 5.94. The lowest BCUT2D eigenvalue weighted by atomic mass is 10.0. The SMILES string of the molecule is NC1CCN(c2cccc3sccc23)CC1. The Hall–Kier alpha value is -1.06. The van der Waals surface area contributed by atoms with Crippen LogP contribution in [0.2, 0.25) is 0 Å². The van der Waals surface area contributed by atoms with Gasteiger partial charge in [-0.2, -0.15) is 0 Å². The molecule has 1 saturated heterocycles. The molecule has 0 saturated carbocycles. The molecule has 1 aromatic heterocycles. The summed E-state index contributed by atoms with van der Waals surface area (Å²) in [4.78, 5) is 2.47. The Balaban J connectivity index is 1.96. The highest BCUT2D eigenvalue weighted by Gasteiger charge is 2.17. The van der Waals surface area contributed by atoms with Crippen molar-refractivity contribution in [2.45, 2.75) is 18.9 Å². The minimum absolute atomic E-state index is 0.401. The van der Waals surface area contributed by atoms with E-state index in [2.05, 4.69) is 34.5 Å². The number of piperidine rings is 1. The number of hydrogen-bond acceptors (Lipinski definition) is 3. The molecule has 0 bridgehead atoms. The zero-order chi connectivity index (χ0) is 11.0. The van der Waals surface area contributed by atoms with Crippen molar-refractivity contribution in [2.75, 3.05) is 18.0 Å². The molecule has 0 amide bonds. The van der Waals surface area contributed by atoms with Gasteiger partial charge in [0.05, 0.1) is 0 Å². The van der Waals surface area contributed by atoms with Crippen LogP contribution >= 0.6 is 11.3 Å². The molecule has 3 heteroatoms. The minimum Gasteiger partial charge on any atom is -0.371 e. The van der Waals surface area contributed by atoms with Crippen molar-refractivity contribution in [1.29, 1.82) is 0 Å². The van der Waals surface area contributed by atoms with Crippen molar-refractivity contribution >= 4 is 27.1 Å². The summed E-state index contributed by atoms with van der Waals surface area (Å²) in [5.41, 5.74) is 7.32. The first-order chi connectivity index (χ1) is 7.84. The second-order valence-corrected chi connectivity index (χ2v) is 5.38. The van der Waals surface area contributed by atoms with Gasteiger partial charge in [-0.15, -0.1) is 11.3 Å². The standard InChI is InChI=1S/C13H16N2S/c14-10-4-7-15(8-5-10)12-2-1-3-13-11(12)6-9-16-13/h1-3,6,9-10H,4-5,7-8,14H2. The second-order valence-electron chi connectivity index (χ2n) is 4.43. The van der Waals surface area contributed by atoms with Gasteiger partial charge < -0.3 is 10.6 Å². The molecule has 1 aromatic carbocycles. The number of thiophene rings is 1. The number of rotatable bonds is 1. The van der Waals surface area contributed by atoms with E-state index in [1.54, 1.807) is 0 Å². The molecule has 0 radical (unpaired) electrons. The van der Waals surface area contributed by atoms with Gasteiger partial charge in [0.25, 0.3) is 0 Å². The number of anilines is 1. The van der Waals surface area contributed by atoms with Gasteiger partial charge in [0.1, 0.15) is 0 Å². The molecule has 0 atom stereocenters. The third kappa shape index (κ3) is 1.70. The molecule has 84 valence electrons. The van der Waals surface area contributed by atoms with E-state index >= 15 is 0 Å². The quantitative estimate of drug-likeness (QED) is 0.819. The van der Waals surface area contributed by atoms with Crippen LogP contribution in [0.1, 0.15) is 12.8 Å². The van der Waals surface area contributed by atoms with Gasteiger partial charge in [-0.05, 0) is 36.4 Å². The number of benzene rings is 1. The van der Waals surface area contributed by atoms with Gasteiger partial charge in [-0.1, -0.05) is 6.07 Å². The average molecular weight is 232 g/mol. The molecule has 1 aliphatic rings. The molecule has 16 heavy (non-hydrogen) atoms. The number of fused-ring (bicyclic) bond motifs is 1. The monoisotopic (exact) mass is 232 g/mol. The molecule has 2 nitrogen and oxygen atoms in total. The zero-order valence-corrected chi connectivity index (χ0v) is 10.0. The lowest BCUT2D eigenvalue weighted by Crippen LogP contribution is -2.39. The largest absolute Gasteiger partial charge is 0.371 e. The molecular formula is C13H16N2S. The summed E-state index contributed by atoms with van der Waals surface area (Å²) in [6.07, 6.45) is 2.22. The van der Waals surface area contributed by atoms with Gasteiger partial charge >= 0.3 is 0 Å². The maximum Gasteiger partial charge on any atom is 0.0454 e. The van der Waals surface area contributed by atoms with Crippen LogP contribution in [-0.2, 0) is 0 Å². The van der Waals surface area contributed by atoms with Crippen LogP contribution in [0, 0.1) is 0 Å². The van der Waals surface area contributed by atoms with Crippen LogP contribution in [0.3, 0.4) is 0 Å². The first kappa shape index (κ1) is 10.1. The van der Waals surface area contributed by atoms with Crippen LogP contribution in [0.25, 0.3) is 10.1 Å². The fourth-order valence-electron chi connectivity index (χ4n) is 2.39. The zero-order valence-electron chi connectivity index (χ0n) is 9.23. The summed E-state index contributed by atoms with van der Waals surface area (Å²) >= 11 is 1.81.